The Morgan fingerprint density at radius 1 is 1.08 bits per heavy atom. The number of benzene rings is 2. The summed E-state index contributed by atoms with van der Waals surface area (Å²) >= 11 is 6.16. The van der Waals surface area contributed by atoms with Gasteiger partial charge in [-0.3, -0.25) is 4.79 Å². The number of thiocarbonyl (C=S) groups is 1. The van der Waals surface area contributed by atoms with Crippen LogP contribution in [0.1, 0.15) is 15.9 Å². The Hall–Kier alpha value is -2.70. The van der Waals surface area contributed by atoms with Crippen molar-refractivity contribution in [2.75, 3.05) is 0 Å². The fourth-order valence-corrected chi connectivity index (χ4v) is 3.11. The minimum atomic E-state index is -0.420. The Bertz CT molecular complexity index is 889. The normalized spacial score (nSPS) is 15.6. The lowest BCUT2D eigenvalue weighted by molar-refractivity contribution is -0.115. The van der Waals surface area contributed by atoms with Gasteiger partial charge in [0, 0.05) is 5.56 Å². The van der Waals surface area contributed by atoms with Crippen LogP contribution in [0.2, 0.25) is 0 Å². The molecule has 1 aliphatic rings. The van der Waals surface area contributed by atoms with Crippen LogP contribution in [0.4, 0.5) is 0 Å². The van der Waals surface area contributed by atoms with E-state index in [0.29, 0.717) is 20.5 Å². The molecule has 124 valence electrons. The molecule has 0 spiro atoms. The number of esters is 1. The molecule has 2 aromatic carbocycles. The van der Waals surface area contributed by atoms with Gasteiger partial charge in [-0.2, -0.15) is 0 Å². The number of thioether (sulfide) groups is 1. The van der Waals surface area contributed by atoms with Crippen molar-refractivity contribution in [1.82, 2.24) is 5.32 Å². The molecule has 25 heavy (non-hydrogen) atoms. The molecule has 6 heteroatoms. The lowest BCUT2D eigenvalue weighted by Crippen LogP contribution is -2.17. The van der Waals surface area contributed by atoms with E-state index in [0.717, 1.165) is 5.56 Å². The molecule has 1 fully saturated rings. The number of rotatable bonds is 4. The van der Waals surface area contributed by atoms with Gasteiger partial charge in [-0.05, 0) is 24.3 Å². The van der Waals surface area contributed by atoms with E-state index in [1.54, 1.807) is 54.6 Å². The van der Waals surface area contributed by atoms with E-state index in [9.17, 15) is 9.59 Å². The molecule has 0 unspecified atom stereocenters. The van der Waals surface area contributed by atoms with Crippen molar-refractivity contribution < 1.29 is 14.3 Å². The molecule has 1 N–H and O–H groups in total. The van der Waals surface area contributed by atoms with Gasteiger partial charge < -0.3 is 10.1 Å². The monoisotopic (exact) mass is 367 g/mol. The van der Waals surface area contributed by atoms with Gasteiger partial charge in [-0.1, -0.05) is 72.5 Å². The topological polar surface area (TPSA) is 55.4 Å². The van der Waals surface area contributed by atoms with Crippen molar-refractivity contribution in [1.29, 1.82) is 0 Å². The highest BCUT2D eigenvalue weighted by Crippen LogP contribution is 2.24. The van der Waals surface area contributed by atoms with E-state index in [4.69, 9.17) is 17.0 Å². The molecular weight excluding hydrogens is 354 g/mol. The highest BCUT2D eigenvalue weighted by Gasteiger charge is 2.21. The quantitative estimate of drug-likeness (QED) is 0.384. The lowest BCUT2D eigenvalue weighted by Gasteiger charge is -2.07. The van der Waals surface area contributed by atoms with Gasteiger partial charge in [-0.15, -0.1) is 0 Å². The van der Waals surface area contributed by atoms with Crippen LogP contribution in [-0.2, 0) is 4.79 Å². The summed E-state index contributed by atoms with van der Waals surface area (Å²) in [6.45, 7) is 0. The lowest BCUT2D eigenvalue weighted by atomic mass is 10.2. The van der Waals surface area contributed by atoms with Crippen molar-refractivity contribution >= 4 is 46.3 Å². The summed E-state index contributed by atoms with van der Waals surface area (Å²) in [5.74, 6) is -0.177. The van der Waals surface area contributed by atoms with Gasteiger partial charge in [-0.25, -0.2) is 4.79 Å². The predicted octanol–water partition coefficient (Wildman–Crippen LogP) is 3.95. The van der Waals surface area contributed by atoms with Crippen LogP contribution in [0.25, 0.3) is 6.08 Å². The molecule has 1 saturated heterocycles. The Morgan fingerprint density at radius 2 is 1.80 bits per heavy atom. The SMILES string of the molecule is O=C1NC(=S)S/C1=C\C=C\c1ccccc1OC(=O)c1ccccc1. The highest BCUT2D eigenvalue weighted by molar-refractivity contribution is 8.26. The smallest absolute Gasteiger partial charge is 0.343 e. The summed E-state index contributed by atoms with van der Waals surface area (Å²) in [4.78, 5) is 24.3. The van der Waals surface area contributed by atoms with Gasteiger partial charge in [0.25, 0.3) is 5.91 Å². The maximum atomic E-state index is 12.2. The second-order valence-corrected chi connectivity index (χ2v) is 6.75. The fraction of sp³-hybridized carbons (Fsp3) is 0. The number of ether oxygens (including phenoxy) is 1. The second-order valence-electron chi connectivity index (χ2n) is 5.03. The molecule has 0 saturated carbocycles. The number of nitrogens with one attached hydrogen (secondary N) is 1. The molecule has 1 heterocycles. The number of allylic oxidation sites excluding steroid dienone is 2. The Kier molecular flexibility index (Phi) is 5.42. The summed E-state index contributed by atoms with van der Waals surface area (Å²) in [6.07, 6.45) is 5.18. The second kappa shape index (κ2) is 7.92. The van der Waals surface area contributed by atoms with Gasteiger partial charge in [0.15, 0.2) is 0 Å². The third-order valence-corrected chi connectivity index (χ3v) is 4.48. The van der Waals surface area contributed by atoms with E-state index in [1.165, 1.54) is 11.8 Å². The van der Waals surface area contributed by atoms with Crippen LogP contribution in [0, 0.1) is 0 Å². The van der Waals surface area contributed by atoms with Crippen LogP contribution in [-0.4, -0.2) is 16.2 Å². The maximum Gasteiger partial charge on any atom is 0.343 e. The standard InChI is InChI=1S/C19H13NO3S2/c21-17-16(25-19(24)20-17)12-6-10-13-7-4-5-11-15(13)23-18(22)14-8-2-1-3-9-14/h1-12H,(H,20,21,24)/b10-6+,16-12-. The number of hydrogen-bond donors (Lipinski definition) is 1. The largest absolute Gasteiger partial charge is 0.422 e. The first-order valence-corrected chi connectivity index (χ1v) is 8.64. The van der Waals surface area contributed by atoms with E-state index in [2.05, 4.69) is 5.32 Å². The molecule has 0 radical (unpaired) electrons. The fourth-order valence-electron chi connectivity index (χ4n) is 2.12. The molecule has 0 aliphatic carbocycles. The molecule has 0 bridgehead atoms. The summed E-state index contributed by atoms with van der Waals surface area (Å²) in [6, 6.07) is 16.0. The molecule has 0 aromatic heterocycles. The average Bonchev–Trinajstić information content (AvgIpc) is 2.94. The zero-order valence-corrected chi connectivity index (χ0v) is 14.6. The molecule has 4 nitrogen and oxygen atoms in total. The van der Waals surface area contributed by atoms with E-state index in [1.807, 2.05) is 18.2 Å². The van der Waals surface area contributed by atoms with E-state index < -0.39 is 5.97 Å². The average molecular weight is 367 g/mol. The summed E-state index contributed by atoms with van der Waals surface area (Å²) < 4.78 is 5.92. The third-order valence-electron chi connectivity index (χ3n) is 3.30. The first-order chi connectivity index (χ1) is 12.1. The van der Waals surface area contributed by atoms with Crippen molar-refractivity contribution in [3.05, 3.63) is 82.8 Å². The number of amides is 1. The molecule has 2 aromatic rings. The molecule has 1 aliphatic heterocycles. The third kappa shape index (κ3) is 4.43. The summed E-state index contributed by atoms with van der Waals surface area (Å²) in [5.41, 5.74) is 1.21. The van der Waals surface area contributed by atoms with Crippen LogP contribution in [0.3, 0.4) is 0 Å². The zero-order chi connectivity index (χ0) is 17.6. The minimum absolute atomic E-state index is 0.205. The Labute approximate surface area is 154 Å². The van der Waals surface area contributed by atoms with Crippen LogP contribution >= 0.6 is 24.0 Å². The van der Waals surface area contributed by atoms with Crippen molar-refractivity contribution in [2.45, 2.75) is 0 Å². The molecular formula is C19H13NO3S2. The summed E-state index contributed by atoms with van der Waals surface area (Å²) in [7, 11) is 0. The molecule has 1 amide bonds. The number of para-hydroxylation sites is 1. The van der Waals surface area contributed by atoms with Crippen LogP contribution < -0.4 is 10.1 Å². The van der Waals surface area contributed by atoms with Crippen LogP contribution in [0.5, 0.6) is 5.75 Å². The predicted molar refractivity (Wildman–Crippen MR) is 103 cm³/mol. The maximum absolute atomic E-state index is 12.2. The minimum Gasteiger partial charge on any atom is -0.422 e. The van der Waals surface area contributed by atoms with Gasteiger partial charge in [0.05, 0.1) is 10.5 Å². The molecule has 0 atom stereocenters. The first kappa shape index (κ1) is 17.1. The van der Waals surface area contributed by atoms with Crippen molar-refractivity contribution in [2.24, 2.45) is 0 Å². The van der Waals surface area contributed by atoms with E-state index >= 15 is 0 Å². The van der Waals surface area contributed by atoms with Crippen molar-refractivity contribution in [3.63, 3.8) is 0 Å². The number of hydrogen-bond acceptors (Lipinski definition) is 5. The number of carbonyl (C=O) groups is 2. The Morgan fingerprint density at radius 3 is 2.52 bits per heavy atom. The zero-order valence-electron chi connectivity index (χ0n) is 13.0. The highest BCUT2D eigenvalue weighted by atomic mass is 32.2. The van der Waals surface area contributed by atoms with Gasteiger partial charge in [0.1, 0.15) is 10.1 Å². The van der Waals surface area contributed by atoms with Crippen LogP contribution in [0.15, 0.2) is 71.7 Å². The summed E-state index contributed by atoms with van der Waals surface area (Å²) in [5, 5.41) is 2.56. The number of carbonyl (C=O) groups excluding carboxylic acids is 2. The molecule has 3 rings (SSSR count). The van der Waals surface area contributed by atoms with E-state index in [-0.39, 0.29) is 5.91 Å². The van der Waals surface area contributed by atoms with Gasteiger partial charge in [0.2, 0.25) is 0 Å². The van der Waals surface area contributed by atoms with Crippen molar-refractivity contribution in [3.8, 4) is 5.75 Å². The first-order valence-electron chi connectivity index (χ1n) is 7.41. The van der Waals surface area contributed by atoms with Gasteiger partial charge >= 0.3 is 5.97 Å². The Balaban J connectivity index is 1.76.